The van der Waals surface area contributed by atoms with Crippen molar-refractivity contribution < 1.29 is 13.2 Å². The fourth-order valence-corrected chi connectivity index (χ4v) is 3.24. The molecule has 0 atom stereocenters. The van der Waals surface area contributed by atoms with Gasteiger partial charge in [0.05, 0.1) is 4.90 Å². The summed E-state index contributed by atoms with van der Waals surface area (Å²) < 4.78 is 26.7. The van der Waals surface area contributed by atoms with Crippen LogP contribution in [0.2, 0.25) is 0 Å². The molecule has 140 valence electrons. The molecule has 1 aromatic heterocycles. The van der Waals surface area contributed by atoms with E-state index < -0.39 is 10.0 Å². The van der Waals surface area contributed by atoms with Gasteiger partial charge in [-0.2, -0.15) is 0 Å². The van der Waals surface area contributed by atoms with Crippen LogP contribution in [0.15, 0.2) is 52.3 Å². The maximum atomic E-state index is 12.1. The van der Waals surface area contributed by atoms with E-state index in [0.29, 0.717) is 25.1 Å². The topological polar surface area (TPSA) is 88.5 Å². The first kappa shape index (κ1) is 19.9. The maximum Gasteiger partial charge on any atom is 0.251 e. The Balaban J connectivity index is 1.89. The van der Waals surface area contributed by atoms with Crippen molar-refractivity contribution in [2.45, 2.75) is 24.8 Å². The van der Waals surface area contributed by atoms with E-state index in [-0.39, 0.29) is 16.4 Å². The van der Waals surface area contributed by atoms with Gasteiger partial charge in [-0.3, -0.25) is 9.59 Å². The first-order valence-corrected chi connectivity index (χ1v) is 9.64. The summed E-state index contributed by atoms with van der Waals surface area (Å²) in [6.07, 6.45) is 2.35. The van der Waals surface area contributed by atoms with Crippen LogP contribution in [0.5, 0.6) is 0 Å². The summed E-state index contributed by atoms with van der Waals surface area (Å²) in [6.45, 7) is 2.79. The number of benzene rings is 1. The van der Waals surface area contributed by atoms with Crippen LogP contribution in [0.1, 0.15) is 22.3 Å². The van der Waals surface area contributed by atoms with Crippen LogP contribution in [0.25, 0.3) is 0 Å². The standard InChI is InChI=1S/C18H23N3O4S/c1-14-9-12-21(17(22)13-14)11-4-10-19-18(23)15-5-7-16(8-6-15)26(24,25)20(2)3/h5-9,12-13H,4,10-11H2,1-3H3,(H,19,23). The third-order valence-electron chi connectivity index (χ3n) is 3.91. The molecule has 0 radical (unpaired) electrons. The van der Waals surface area contributed by atoms with Gasteiger partial charge in [0.15, 0.2) is 0 Å². The summed E-state index contributed by atoms with van der Waals surface area (Å²) in [5.74, 6) is -0.282. The monoisotopic (exact) mass is 377 g/mol. The fraction of sp³-hybridized carbons (Fsp3) is 0.333. The first-order valence-electron chi connectivity index (χ1n) is 8.20. The Hall–Kier alpha value is -2.45. The summed E-state index contributed by atoms with van der Waals surface area (Å²) >= 11 is 0. The van der Waals surface area contributed by atoms with Gasteiger partial charge in [-0.05, 0) is 49.2 Å². The van der Waals surface area contributed by atoms with Gasteiger partial charge < -0.3 is 9.88 Å². The van der Waals surface area contributed by atoms with Crippen LogP contribution >= 0.6 is 0 Å². The number of hydrogen-bond acceptors (Lipinski definition) is 4. The molecule has 0 aliphatic heterocycles. The molecule has 26 heavy (non-hydrogen) atoms. The average Bonchev–Trinajstić information content (AvgIpc) is 2.60. The number of hydrogen-bond donors (Lipinski definition) is 1. The molecule has 0 fully saturated rings. The number of carbonyl (C=O) groups excluding carboxylic acids is 1. The van der Waals surface area contributed by atoms with E-state index in [1.807, 2.05) is 13.0 Å². The molecule has 1 N–H and O–H groups in total. The van der Waals surface area contributed by atoms with E-state index in [2.05, 4.69) is 5.32 Å². The zero-order chi connectivity index (χ0) is 19.3. The van der Waals surface area contributed by atoms with Crippen molar-refractivity contribution in [2.75, 3.05) is 20.6 Å². The highest BCUT2D eigenvalue weighted by Gasteiger charge is 2.17. The predicted molar refractivity (Wildman–Crippen MR) is 99.7 cm³/mol. The van der Waals surface area contributed by atoms with Gasteiger partial charge in [0.1, 0.15) is 0 Å². The summed E-state index contributed by atoms with van der Waals surface area (Å²) in [5, 5.41) is 2.77. The number of aromatic nitrogens is 1. The molecule has 1 amide bonds. The van der Waals surface area contributed by atoms with Gasteiger partial charge in [-0.1, -0.05) is 0 Å². The molecule has 0 saturated carbocycles. The van der Waals surface area contributed by atoms with Crippen LogP contribution in [-0.2, 0) is 16.6 Å². The lowest BCUT2D eigenvalue weighted by molar-refractivity contribution is 0.0952. The summed E-state index contributed by atoms with van der Waals surface area (Å²) in [7, 11) is -0.601. The van der Waals surface area contributed by atoms with Crippen molar-refractivity contribution in [2.24, 2.45) is 0 Å². The molecule has 2 aromatic rings. The van der Waals surface area contributed by atoms with Gasteiger partial charge in [-0.15, -0.1) is 0 Å². The highest BCUT2D eigenvalue weighted by Crippen LogP contribution is 2.13. The Morgan fingerprint density at radius 3 is 2.38 bits per heavy atom. The van der Waals surface area contributed by atoms with Crippen LogP contribution in [0, 0.1) is 6.92 Å². The molecule has 0 saturated heterocycles. The fourth-order valence-electron chi connectivity index (χ4n) is 2.33. The quantitative estimate of drug-likeness (QED) is 0.735. The van der Waals surface area contributed by atoms with Gasteiger partial charge >= 0.3 is 0 Å². The molecular weight excluding hydrogens is 354 g/mol. The number of amides is 1. The zero-order valence-corrected chi connectivity index (χ0v) is 15.9. The van der Waals surface area contributed by atoms with Gasteiger partial charge in [-0.25, -0.2) is 12.7 Å². The van der Waals surface area contributed by atoms with Crippen molar-refractivity contribution in [3.63, 3.8) is 0 Å². The number of rotatable bonds is 7. The Kier molecular flexibility index (Phi) is 6.33. The highest BCUT2D eigenvalue weighted by molar-refractivity contribution is 7.89. The number of pyridine rings is 1. The van der Waals surface area contributed by atoms with Crippen LogP contribution in [0.3, 0.4) is 0 Å². The second kappa shape index (κ2) is 8.29. The third kappa shape index (κ3) is 4.80. The maximum absolute atomic E-state index is 12.1. The van der Waals surface area contributed by atoms with E-state index in [1.165, 1.54) is 38.4 Å². The lowest BCUT2D eigenvalue weighted by Gasteiger charge is -2.11. The molecule has 1 heterocycles. The largest absolute Gasteiger partial charge is 0.352 e. The Labute approximate surface area is 153 Å². The van der Waals surface area contributed by atoms with Crippen LogP contribution < -0.4 is 10.9 Å². The number of aryl methyl sites for hydroxylation is 2. The normalized spacial score (nSPS) is 11.5. The SMILES string of the molecule is Cc1ccn(CCCNC(=O)c2ccc(S(=O)(=O)N(C)C)cc2)c(=O)c1. The average molecular weight is 377 g/mol. The molecule has 1 aromatic carbocycles. The van der Waals surface area contributed by atoms with E-state index in [1.54, 1.807) is 16.8 Å². The van der Waals surface area contributed by atoms with E-state index in [0.717, 1.165) is 9.87 Å². The number of nitrogens with zero attached hydrogens (tertiary/aromatic N) is 2. The molecular formula is C18H23N3O4S. The minimum absolute atomic E-state index is 0.0611. The number of carbonyl (C=O) groups is 1. The van der Waals surface area contributed by atoms with E-state index in [4.69, 9.17) is 0 Å². The Morgan fingerprint density at radius 1 is 1.15 bits per heavy atom. The molecule has 0 unspecified atom stereocenters. The molecule has 8 heteroatoms. The van der Waals surface area contributed by atoms with E-state index >= 15 is 0 Å². The number of sulfonamides is 1. The van der Waals surface area contributed by atoms with Crippen LogP contribution in [-0.4, -0.2) is 43.8 Å². The number of nitrogens with one attached hydrogen (secondary N) is 1. The Bertz CT molecular complexity index is 932. The summed E-state index contributed by atoms with van der Waals surface area (Å²) in [5.41, 5.74) is 1.24. The predicted octanol–water partition coefficient (Wildman–Crippen LogP) is 1.23. The van der Waals surface area contributed by atoms with Gasteiger partial charge in [0.2, 0.25) is 10.0 Å². The zero-order valence-electron chi connectivity index (χ0n) is 15.1. The third-order valence-corrected chi connectivity index (χ3v) is 5.74. The van der Waals surface area contributed by atoms with Crippen LogP contribution in [0.4, 0.5) is 0 Å². The van der Waals surface area contributed by atoms with Crippen molar-refractivity contribution in [1.29, 1.82) is 0 Å². The second-order valence-corrected chi connectivity index (χ2v) is 8.31. The van der Waals surface area contributed by atoms with Crippen molar-refractivity contribution >= 4 is 15.9 Å². The van der Waals surface area contributed by atoms with E-state index in [9.17, 15) is 18.0 Å². The minimum atomic E-state index is -3.51. The highest BCUT2D eigenvalue weighted by atomic mass is 32.2. The minimum Gasteiger partial charge on any atom is -0.352 e. The first-order chi connectivity index (χ1) is 12.2. The molecule has 0 aliphatic carbocycles. The molecule has 0 bridgehead atoms. The molecule has 2 rings (SSSR count). The lowest BCUT2D eigenvalue weighted by atomic mass is 10.2. The van der Waals surface area contributed by atoms with Gasteiger partial charge in [0, 0.05) is 45.0 Å². The summed E-state index contributed by atoms with van der Waals surface area (Å²) in [6, 6.07) is 9.23. The lowest BCUT2D eigenvalue weighted by Crippen LogP contribution is -2.27. The molecule has 7 nitrogen and oxygen atoms in total. The second-order valence-electron chi connectivity index (χ2n) is 6.16. The van der Waals surface area contributed by atoms with Gasteiger partial charge in [0.25, 0.3) is 11.5 Å². The Morgan fingerprint density at radius 2 is 1.81 bits per heavy atom. The molecule has 0 spiro atoms. The van der Waals surface area contributed by atoms with Crippen molar-refractivity contribution in [1.82, 2.24) is 14.2 Å². The smallest absolute Gasteiger partial charge is 0.251 e. The summed E-state index contributed by atoms with van der Waals surface area (Å²) in [4.78, 5) is 24.0. The molecule has 0 aliphatic rings. The van der Waals surface area contributed by atoms with Crippen molar-refractivity contribution in [3.05, 3.63) is 64.1 Å². The van der Waals surface area contributed by atoms with Crippen molar-refractivity contribution in [3.8, 4) is 0 Å².